The summed E-state index contributed by atoms with van der Waals surface area (Å²) in [5.41, 5.74) is 0. The predicted molar refractivity (Wildman–Crippen MR) is 69.3 cm³/mol. The molecule has 5 nitrogen and oxygen atoms in total. The van der Waals surface area contributed by atoms with Crippen LogP contribution in [0.3, 0.4) is 0 Å². The first kappa shape index (κ1) is 13.5. The van der Waals surface area contributed by atoms with E-state index in [9.17, 15) is 5.11 Å². The van der Waals surface area contributed by atoms with Crippen LogP contribution in [0.5, 0.6) is 0 Å². The molecule has 0 radical (unpaired) electrons. The number of aliphatic hydroxyl groups excluding tert-OH is 1. The highest BCUT2D eigenvalue weighted by Crippen LogP contribution is 2.20. The number of rotatable bonds is 8. The molecule has 0 bridgehead atoms. The Kier molecular flexibility index (Phi) is 5.64. The third-order valence-electron chi connectivity index (χ3n) is 3.31. The van der Waals surface area contributed by atoms with E-state index in [0.29, 0.717) is 19.3 Å². The molecule has 1 fully saturated rings. The summed E-state index contributed by atoms with van der Waals surface area (Å²) >= 11 is 0. The topological polar surface area (TPSA) is 59.3 Å². The van der Waals surface area contributed by atoms with Crippen LogP contribution in [0.15, 0.2) is 18.7 Å². The van der Waals surface area contributed by atoms with Gasteiger partial charge in [-0.05, 0) is 12.8 Å². The maximum atomic E-state index is 9.76. The molecule has 2 N–H and O–H groups in total. The van der Waals surface area contributed by atoms with Gasteiger partial charge in [-0.25, -0.2) is 4.98 Å². The lowest BCUT2D eigenvalue weighted by Crippen LogP contribution is -2.33. The smallest absolute Gasteiger partial charge is 0.0946 e. The van der Waals surface area contributed by atoms with Crippen molar-refractivity contribution in [3.63, 3.8) is 0 Å². The minimum absolute atomic E-state index is 0.380. The second-order valence-corrected chi connectivity index (χ2v) is 4.90. The van der Waals surface area contributed by atoms with Crippen LogP contribution in [0.4, 0.5) is 0 Å². The summed E-state index contributed by atoms with van der Waals surface area (Å²) in [6, 6.07) is 0. The number of aliphatic hydroxyl groups is 1. The zero-order chi connectivity index (χ0) is 12.6. The third kappa shape index (κ3) is 4.76. The molecule has 0 aromatic carbocycles. The first-order chi connectivity index (χ1) is 8.84. The second-order valence-electron chi connectivity index (χ2n) is 4.90. The lowest BCUT2D eigenvalue weighted by molar-refractivity contribution is -0.00538. The van der Waals surface area contributed by atoms with Gasteiger partial charge in [-0.15, -0.1) is 0 Å². The molecule has 1 atom stereocenters. The van der Waals surface area contributed by atoms with Gasteiger partial charge in [-0.2, -0.15) is 0 Å². The van der Waals surface area contributed by atoms with Crippen molar-refractivity contribution in [1.29, 1.82) is 0 Å². The van der Waals surface area contributed by atoms with Crippen LogP contribution < -0.4 is 5.32 Å². The number of ether oxygens (including phenoxy) is 1. The monoisotopic (exact) mass is 253 g/mol. The molecule has 5 heteroatoms. The highest BCUT2D eigenvalue weighted by molar-refractivity contribution is 4.74. The van der Waals surface area contributed by atoms with Crippen molar-refractivity contribution in [3.8, 4) is 0 Å². The van der Waals surface area contributed by atoms with Gasteiger partial charge >= 0.3 is 0 Å². The number of imidazole rings is 1. The summed E-state index contributed by atoms with van der Waals surface area (Å²) < 4.78 is 7.67. The maximum Gasteiger partial charge on any atom is 0.0946 e. The molecule has 1 aromatic heterocycles. The van der Waals surface area contributed by atoms with Crippen molar-refractivity contribution in [2.24, 2.45) is 0 Å². The zero-order valence-corrected chi connectivity index (χ0v) is 10.8. The summed E-state index contributed by atoms with van der Waals surface area (Å²) in [7, 11) is 0. The molecule has 0 aliphatic heterocycles. The molecule has 1 aliphatic rings. The zero-order valence-electron chi connectivity index (χ0n) is 10.8. The molecule has 1 saturated carbocycles. The van der Waals surface area contributed by atoms with Crippen molar-refractivity contribution in [3.05, 3.63) is 18.7 Å². The van der Waals surface area contributed by atoms with Crippen molar-refractivity contribution in [2.75, 3.05) is 19.7 Å². The Balaban J connectivity index is 1.47. The summed E-state index contributed by atoms with van der Waals surface area (Å²) in [4.78, 5) is 3.98. The number of nitrogens with one attached hydrogen (secondary N) is 1. The van der Waals surface area contributed by atoms with E-state index in [0.717, 1.165) is 25.9 Å². The molecular formula is C13H23N3O2. The van der Waals surface area contributed by atoms with E-state index < -0.39 is 6.10 Å². The van der Waals surface area contributed by atoms with Gasteiger partial charge in [0.1, 0.15) is 0 Å². The standard InChI is InChI=1S/C13H23N3O2/c17-12(10-18-13-3-1-2-4-13)9-14-5-7-16-8-6-15-11-16/h6,8,11-14,17H,1-5,7,9-10H2. The molecular weight excluding hydrogens is 230 g/mol. The van der Waals surface area contributed by atoms with E-state index in [1.165, 1.54) is 12.8 Å². The number of aromatic nitrogens is 2. The quantitative estimate of drug-likeness (QED) is 0.673. The van der Waals surface area contributed by atoms with Gasteiger partial charge in [0.25, 0.3) is 0 Å². The van der Waals surface area contributed by atoms with Gasteiger partial charge in [0.05, 0.1) is 25.1 Å². The first-order valence-corrected chi connectivity index (χ1v) is 6.81. The average molecular weight is 253 g/mol. The molecule has 0 spiro atoms. The van der Waals surface area contributed by atoms with Crippen LogP contribution in [0.25, 0.3) is 0 Å². The van der Waals surface area contributed by atoms with Gasteiger partial charge in [0.15, 0.2) is 0 Å². The minimum atomic E-state index is -0.409. The van der Waals surface area contributed by atoms with E-state index in [1.807, 2.05) is 10.8 Å². The Labute approximate surface area is 108 Å². The molecule has 1 heterocycles. The minimum Gasteiger partial charge on any atom is -0.389 e. The second kappa shape index (κ2) is 7.51. The normalized spacial score (nSPS) is 18.3. The van der Waals surface area contributed by atoms with Crippen LogP contribution in [0, 0.1) is 0 Å². The number of hydrogen-bond donors (Lipinski definition) is 2. The Hall–Kier alpha value is -0.910. The van der Waals surface area contributed by atoms with Gasteiger partial charge in [0, 0.05) is 32.0 Å². The van der Waals surface area contributed by atoms with Gasteiger partial charge in [-0.1, -0.05) is 12.8 Å². The van der Waals surface area contributed by atoms with E-state index >= 15 is 0 Å². The van der Waals surface area contributed by atoms with Gasteiger partial charge in [-0.3, -0.25) is 0 Å². The van der Waals surface area contributed by atoms with Gasteiger partial charge < -0.3 is 19.7 Å². The first-order valence-electron chi connectivity index (χ1n) is 6.81. The Morgan fingerprint density at radius 3 is 3.00 bits per heavy atom. The molecule has 18 heavy (non-hydrogen) atoms. The summed E-state index contributed by atoms with van der Waals surface area (Å²) in [6.45, 7) is 2.73. The molecule has 1 aliphatic carbocycles. The highest BCUT2D eigenvalue weighted by atomic mass is 16.5. The molecule has 2 rings (SSSR count). The van der Waals surface area contributed by atoms with Crippen LogP contribution in [-0.2, 0) is 11.3 Å². The third-order valence-corrected chi connectivity index (χ3v) is 3.31. The average Bonchev–Trinajstić information content (AvgIpc) is 3.04. The Bertz CT molecular complexity index is 310. The highest BCUT2D eigenvalue weighted by Gasteiger charge is 2.16. The SMILES string of the molecule is OC(CNCCn1ccnc1)COC1CCCC1. The van der Waals surface area contributed by atoms with Crippen LogP contribution >= 0.6 is 0 Å². The van der Waals surface area contributed by atoms with Crippen LogP contribution in [0.2, 0.25) is 0 Å². The lowest BCUT2D eigenvalue weighted by Gasteiger charge is -2.16. The summed E-state index contributed by atoms with van der Waals surface area (Å²) in [6.07, 6.45) is 10.3. The predicted octanol–water partition coefficient (Wildman–Crippen LogP) is 0.793. The fourth-order valence-corrected chi connectivity index (χ4v) is 2.26. The van der Waals surface area contributed by atoms with E-state index in [1.54, 1.807) is 12.5 Å². The van der Waals surface area contributed by atoms with E-state index in [-0.39, 0.29) is 0 Å². The molecule has 0 saturated heterocycles. The summed E-state index contributed by atoms with van der Waals surface area (Å²) in [5.74, 6) is 0. The van der Waals surface area contributed by atoms with Crippen molar-refractivity contribution >= 4 is 0 Å². The van der Waals surface area contributed by atoms with Crippen LogP contribution in [0.1, 0.15) is 25.7 Å². The lowest BCUT2D eigenvalue weighted by atomic mass is 10.3. The van der Waals surface area contributed by atoms with Crippen molar-refractivity contribution in [1.82, 2.24) is 14.9 Å². The molecule has 1 aromatic rings. The number of hydrogen-bond acceptors (Lipinski definition) is 4. The Morgan fingerprint density at radius 1 is 1.44 bits per heavy atom. The summed E-state index contributed by atoms with van der Waals surface area (Å²) in [5, 5.41) is 13.0. The number of nitrogens with zero attached hydrogens (tertiary/aromatic N) is 2. The Morgan fingerprint density at radius 2 is 2.28 bits per heavy atom. The maximum absolute atomic E-state index is 9.76. The largest absolute Gasteiger partial charge is 0.389 e. The van der Waals surface area contributed by atoms with Crippen molar-refractivity contribution < 1.29 is 9.84 Å². The van der Waals surface area contributed by atoms with E-state index in [4.69, 9.17) is 4.74 Å². The fourth-order valence-electron chi connectivity index (χ4n) is 2.26. The van der Waals surface area contributed by atoms with Gasteiger partial charge in [0.2, 0.25) is 0 Å². The van der Waals surface area contributed by atoms with Crippen LogP contribution in [-0.4, -0.2) is 46.6 Å². The van der Waals surface area contributed by atoms with Crippen molar-refractivity contribution in [2.45, 2.75) is 44.4 Å². The molecule has 1 unspecified atom stereocenters. The fraction of sp³-hybridized carbons (Fsp3) is 0.769. The molecule has 0 amide bonds. The van der Waals surface area contributed by atoms with E-state index in [2.05, 4.69) is 10.3 Å². The molecule has 102 valence electrons.